The lowest BCUT2D eigenvalue weighted by Gasteiger charge is -2.35. The number of halogens is 2. The molecule has 2 aliphatic heterocycles. The molecule has 7 heteroatoms. The van der Waals surface area contributed by atoms with E-state index in [9.17, 15) is 9.90 Å². The molecule has 1 aromatic rings. The van der Waals surface area contributed by atoms with Crippen LogP contribution < -0.4 is 5.32 Å². The molecule has 3 rings (SSSR count). The molecule has 0 saturated carbocycles. The Balaban J connectivity index is 0.00000225. The van der Waals surface area contributed by atoms with Gasteiger partial charge in [-0.15, -0.1) is 12.4 Å². The van der Waals surface area contributed by atoms with Crippen LogP contribution in [0.1, 0.15) is 30.9 Å². The number of carbonyl (C=O) groups is 1. The molecule has 1 amide bonds. The van der Waals surface area contributed by atoms with E-state index in [2.05, 4.69) is 5.32 Å². The van der Waals surface area contributed by atoms with Crippen LogP contribution in [0.25, 0.3) is 0 Å². The zero-order valence-corrected chi connectivity index (χ0v) is 15.8. The van der Waals surface area contributed by atoms with Crippen LogP contribution in [0.3, 0.4) is 0 Å². The number of hydrogen-bond acceptors (Lipinski definition) is 4. The normalized spacial score (nSPS) is 23.0. The van der Waals surface area contributed by atoms with E-state index in [0.29, 0.717) is 31.1 Å². The van der Waals surface area contributed by atoms with Crippen LogP contribution in [0.4, 0.5) is 0 Å². The van der Waals surface area contributed by atoms with Gasteiger partial charge in [0, 0.05) is 37.1 Å². The lowest BCUT2D eigenvalue weighted by Crippen LogP contribution is -2.46. The number of morpholine rings is 1. The Morgan fingerprint density at radius 2 is 2.00 bits per heavy atom. The highest BCUT2D eigenvalue weighted by molar-refractivity contribution is 6.30. The van der Waals surface area contributed by atoms with Crippen LogP contribution in [0, 0.1) is 5.92 Å². The summed E-state index contributed by atoms with van der Waals surface area (Å²) >= 11 is 5.90. The van der Waals surface area contributed by atoms with E-state index >= 15 is 0 Å². The monoisotopic (exact) mass is 388 g/mol. The quantitative estimate of drug-likeness (QED) is 0.831. The molecular weight excluding hydrogens is 363 g/mol. The first-order chi connectivity index (χ1) is 11.6. The molecule has 2 unspecified atom stereocenters. The van der Waals surface area contributed by atoms with Crippen molar-refractivity contribution in [1.29, 1.82) is 0 Å². The second kappa shape index (κ2) is 9.74. The molecule has 1 aromatic carbocycles. The molecule has 2 atom stereocenters. The molecule has 2 saturated heterocycles. The van der Waals surface area contributed by atoms with Crippen molar-refractivity contribution in [3.63, 3.8) is 0 Å². The van der Waals surface area contributed by atoms with Crippen LogP contribution in [0.2, 0.25) is 5.02 Å². The fourth-order valence-electron chi connectivity index (χ4n) is 3.49. The highest BCUT2D eigenvalue weighted by Gasteiger charge is 2.29. The molecule has 0 radical (unpaired) electrons. The van der Waals surface area contributed by atoms with Crippen molar-refractivity contribution < 1.29 is 14.6 Å². The van der Waals surface area contributed by atoms with Crippen molar-refractivity contribution in [1.82, 2.24) is 10.2 Å². The summed E-state index contributed by atoms with van der Waals surface area (Å²) in [6.07, 6.45) is 1.64. The molecule has 140 valence electrons. The second-order valence-corrected chi connectivity index (χ2v) is 7.08. The zero-order valence-electron chi connectivity index (χ0n) is 14.2. The van der Waals surface area contributed by atoms with E-state index in [4.69, 9.17) is 16.3 Å². The Morgan fingerprint density at radius 1 is 1.32 bits per heavy atom. The van der Waals surface area contributed by atoms with Gasteiger partial charge in [-0.1, -0.05) is 23.7 Å². The number of hydrogen-bond donors (Lipinski definition) is 2. The number of ether oxygens (including phenoxy) is 1. The van der Waals surface area contributed by atoms with E-state index < -0.39 is 6.10 Å². The Labute approximate surface area is 160 Å². The van der Waals surface area contributed by atoms with Gasteiger partial charge < -0.3 is 20.1 Å². The number of nitrogens with one attached hydrogen (secondary N) is 1. The summed E-state index contributed by atoms with van der Waals surface area (Å²) in [5.74, 6) is 0.365. The Hall–Kier alpha value is -0.850. The molecule has 0 bridgehead atoms. The molecule has 2 N–H and O–H groups in total. The van der Waals surface area contributed by atoms with Crippen LogP contribution >= 0.6 is 24.0 Å². The first kappa shape index (κ1) is 20.5. The summed E-state index contributed by atoms with van der Waals surface area (Å²) in [5, 5.41) is 14.5. The maximum atomic E-state index is 12.4. The van der Waals surface area contributed by atoms with Crippen LogP contribution in [-0.2, 0) is 9.53 Å². The Morgan fingerprint density at radius 3 is 2.60 bits per heavy atom. The zero-order chi connectivity index (χ0) is 16.9. The van der Waals surface area contributed by atoms with Gasteiger partial charge in [0.05, 0.1) is 19.3 Å². The summed E-state index contributed by atoms with van der Waals surface area (Å²) in [5.41, 5.74) is 0.896. The van der Waals surface area contributed by atoms with E-state index in [1.165, 1.54) is 0 Å². The van der Waals surface area contributed by atoms with Gasteiger partial charge in [-0.05, 0) is 36.5 Å². The largest absolute Gasteiger partial charge is 0.388 e. The summed E-state index contributed by atoms with van der Waals surface area (Å²) in [4.78, 5) is 14.3. The van der Waals surface area contributed by atoms with Crippen LogP contribution in [-0.4, -0.2) is 54.8 Å². The molecule has 25 heavy (non-hydrogen) atoms. The molecule has 2 fully saturated rings. The SMILES string of the molecule is Cl.O=C(CC1COCCN1)N1CCC(C(O)c2ccc(Cl)cc2)CC1. The number of aliphatic hydroxyl groups excluding tert-OH is 1. The number of benzene rings is 1. The third-order valence-electron chi connectivity index (χ3n) is 4.97. The van der Waals surface area contributed by atoms with Crippen molar-refractivity contribution >= 4 is 29.9 Å². The average molecular weight is 389 g/mol. The molecular formula is C18H26Cl2N2O3. The van der Waals surface area contributed by atoms with E-state index in [-0.39, 0.29) is 30.3 Å². The number of likely N-dealkylation sites (tertiary alicyclic amines) is 1. The highest BCUT2D eigenvalue weighted by Crippen LogP contribution is 2.31. The number of aliphatic hydroxyl groups is 1. The van der Waals surface area contributed by atoms with Gasteiger partial charge in [-0.2, -0.15) is 0 Å². The maximum absolute atomic E-state index is 12.4. The minimum absolute atomic E-state index is 0. The van der Waals surface area contributed by atoms with Crippen molar-refractivity contribution in [2.45, 2.75) is 31.4 Å². The van der Waals surface area contributed by atoms with Gasteiger partial charge in [0.15, 0.2) is 0 Å². The smallest absolute Gasteiger partial charge is 0.224 e. The minimum Gasteiger partial charge on any atom is -0.388 e. The van der Waals surface area contributed by atoms with Gasteiger partial charge in [0.2, 0.25) is 5.91 Å². The molecule has 2 heterocycles. The molecule has 0 aliphatic carbocycles. The Kier molecular flexibility index (Phi) is 7.97. The predicted octanol–water partition coefficient (Wildman–Crippen LogP) is 2.41. The fourth-order valence-corrected chi connectivity index (χ4v) is 3.61. The van der Waals surface area contributed by atoms with Gasteiger partial charge in [-0.25, -0.2) is 0 Å². The van der Waals surface area contributed by atoms with Gasteiger partial charge >= 0.3 is 0 Å². The van der Waals surface area contributed by atoms with Gasteiger partial charge in [0.25, 0.3) is 0 Å². The molecule has 5 nitrogen and oxygen atoms in total. The number of amides is 1. The van der Waals surface area contributed by atoms with Crippen molar-refractivity contribution in [2.24, 2.45) is 5.92 Å². The highest BCUT2D eigenvalue weighted by atomic mass is 35.5. The number of carbonyl (C=O) groups excluding carboxylic acids is 1. The fraction of sp³-hybridized carbons (Fsp3) is 0.611. The maximum Gasteiger partial charge on any atom is 0.224 e. The Bertz CT molecular complexity index is 542. The summed E-state index contributed by atoms with van der Waals surface area (Å²) in [6.45, 7) is 3.56. The first-order valence-electron chi connectivity index (χ1n) is 8.66. The molecule has 0 spiro atoms. The third kappa shape index (κ3) is 5.56. The number of nitrogens with zero attached hydrogens (tertiary/aromatic N) is 1. The minimum atomic E-state index is -0.493. The predicted molar refractivity (Wildman–Crippen MR) is 100 cm³/mol. The van der Waals surface area contributed by atoms with E-state index in [1.54, 1.807) is 12.1 Å². The number of rotatable bonds is 4. The average Bonchev–Trinajstić information content (AvgIpc) is 2.63. The van der Waals surface area contributed by atoms with Crippen LogP contribution in [0.15, 0.2) is 24.3 Å². The lowest BCUT2D eigenvalue weighted by molar-refractivity contribution is -0.134. The molecule has 2 aliphatic rings. The summed E-state index contributed by atoms with van der Waals surface area (Å²) in [7, 11) is 0. The van der Waals surface area contributed by atoms with Crippen molar-refractivity contribution in [2.75, 3.05) is 32.8 Å². The van der Waals surface area contributed by atoms with E-state index in [0.717, 1.165) is 31.6 Å². The number of piperidine rings is 1. The summed E-state index contributed by atoms with van der Waals surface area (Å²) in [6, 6.07) is 7.48. The third-order valence-corrected chi connectivity index (χ3v) is 5.22. The second-order valence-electron chi connectivity index (χ2n) is 6.64. The lowest BCUT2D eigenvalue weighted by atomic mass is 9.87. The van der Waals surface area contributed by atoms with Gasteiger partial charge in [-0.3, -0.25) is 4.79 Å². The topological polar surface area (TPSA) is 61.8 Å². The molecule has 0 aromatic heterocycles. The first-order valence-corrected chi connectivity index (χ1v) is 9.03. The van der Waals surface area contributed by atoms with Gasteiger partial charge in [0.1, 0.15) is 0 Å². The van der Waals surface area contributed by atoms with Crippen molar-refractivity contribution in [3.8, 4) is 0 Å². The standard InChI is InChI=1S/C18H25ClN2O3.ClH/c19-15-3-1-13(2-4-15)18(23)14-5-8-21(9-6-14)17(22)11-16-12-24-10-7-20-16;/h1-4,14,16,18,20,23H,5-12H2;1H. The van der Waals surface area contributed by atoms with E-state index in [1.807, 2.05) is 17.0 Å². The summed E-state index contributed by atoms with van der Waals surface area (Å²) < 4.78 is 5.40. The van der Waals surface area contributed by atoms with Crippen LogP contribution in [0.5, 0.6) is 0 Å². The van der Waals surface area contributed by atoms with Crippen molar-refractivity contribution in [3.05, 3.63) is 34.9 Å².